The second-order valence-electron chi connectivity index (χ2n) is 5.96. The van der Waals surface area contributed by atoms with Gasteiger partial charge in [0.2, 0.25) is 0 Å². The number of hydrogen-bond donors (Lipinski definition) is 0. The normalized spacial score (nSPS) is 11.0. The number of carbonyl (C=O) groups excluding carboxylic acids is 1. The molecule has 3 aromatic carbocycles. The number of carbonyl (C=O) groups is 1. The second kappa shape index (κ2) is 8.67. The van der Waals surface area contributed by atoms with E-state index in [2.05, 4.69) is 15.9 Å². The Kier molecular flexibility index (Phi) is 6.24. The van der Waals surface area contributed by atoms with Crippen molar-refractivity contribution in [3.63, 3.8) is 0 Å². The molecule has 0 aliphatic heterocycles. The van der Waals surface area contributed by atoms with E-state index in [1.54, 1.807) is 36.4 Å². The number of anilines is 1. The van der Waals surface area contributed by atoms with Crippen LogP contribution in [0.25, 0.3) is 0 Å². The number of hydrogen-bond acceptors (Lipinski definition) is 5. The van der Waals surface area contributed by atoms with Crippen molar-refractivity contribution in [2.75, 3.05) is 18.5 Å². The number of methoxy groups -OCH3 is 2. The molecule has 0 bridgehead atoms. The van der Waals surface area contributed by atoms with E-state index in [-0.39, 0.29) is 16.1 Å². The Morgan fingerprint density at radius 3 is 1.76 bits per heavy atom. The van der Waals surface area contributed by atoms with Crippen LogP contribution in [0.4, 0.5) is 5.69 Å². The fraction of sp³-hybridized carbons (Fsp3) is 0.0952. The molecule has 0 spiro atoms. The van der Waals surface area contributed by atoms with Gasteiger partial charge in [-0.15, -0.1) is 0 Å². The van der Waals surface area contributed by atoms with Gasteiger partial charge in [-0.1, -0.05) is 15.9 Å². The Morgan fingerprint density at radius 1 is 0.793 bits per heavy atom. The van der Waals surface area contributed by atoms with E-state index < -0.39 is 15.9 Å². The Labute approximate surface area is 177 Å². The molecular weight excluding hydrogens is 458 g/mol. The predicted octanol–water partition coefficient (Wildman–Crippen LogP) is 4.50. The maximum Gasteiger partial charge on any atom is 0.272 e. The van der Waals surface area contributed by atoms with E-state index in [1.807, 2.05) is 0 Å². The lowest BCUT2D eigenvalue weighted by molar-refractivity contribution is 0.101. The molecule has 8 heteroatoms. The summed E-state index contributed by atoms with van der Waals surface area (Å²) in [5.74, 6) is 0.431. The maximum absolute atomic E-state index is 13.4. The van der Waals surface area contributed by atoms with Gasteiger partial charge in [-0.3, -0.25) is 4.79 Å². The SMILES string of the molecule is COc1ccc(C(=O)N(c2ccc(OC)cc2)S(=O)(=O)c2ccc(Br)cc2)cc1. The van der Waals surface area contributed by atoms with Crippen molar-refractivity contribution in [1.29, 1.82) is 0 Å². The van der Waals surface area contributed by atoms with Gasteiger partial charge in [0.15, 0.2) is 0 Å². The molecule has 0 atom stereocenters. The zero-order valence-electron chi connectivity index (χ0n) is 15.7. The molecule has 0 fully saturated rings. The third-order valence-electron chi connectivity index (χ3n) is 4.18. The van der Waals surface area contributed by atoms with E-state index in [9.17, 15) is 13.2 Å². The van der Waals surface area contributed by atoms with Gasteiger partial charge < -0.3 is 9.47 Å². The molecule has 0 heterocycles. The summed E-state index contributed by atoms with van der Waals surface area (Å²) in [5, 5.41) is 0. The van der Waals surface area contributed by atoms with Gasteiger partial charge in [-0.25, -0.2) is 8.42 Å². The molecular formula is C21H18BrNO5S. The Balaban J connectivity index is 2.11. The zero-order chi connectivity index (χ0) is 21.0. The molecule has 0 aliphatic rings. The Hall–Kier alpha value is -2.84. The van der Waals surface area contributed by atoms with Crippen LogP contribution in [0.1, 0.15) is 10.4 Å². The first-order chi connectivity index (χ1) is 13.9. The number of ether oxygens (including phenoxy) is 2. The van der Waals surface area contributed by atoms with Gasteiger partial charge in [0.05, 0.1) is 24.8 Å². The lowest BCUT2D eigenvalue weighted by Crippen LogP contribution is -2.37. The van der Waals surface area contributed by atoms with Crippen molar-refractivity contribution >= 4 is 37.5 Å². The average molecular weight is 476 g/mol. The summed E-state index contributed by atoms with van der Waals surface area (Å²) in [7, 11) is -1.14. The van der Waals surface area contributed by atoms with Gasteiger partial charge >= 0.3 is 0 Å². The first-order valence-electron chi connectivity index (χ1n) is 8.50. The number of nitrogens with zero attached hydrogens (tertiary/aromatic N) is 1. The summed E-state index contributed by atoms with van der Waals surface area (Å²) >= 11 is 3.29. The second-order valence-corrected chi connectivity index (χ2v) is 8.66. The summed E-state index contributed by atoms with van der Waals surface area (Å²) in [4.78, 5) is 13.3. The van der Waals surface area contributed by atoms with E-state index in [1.165, 1.54) is 50.6 Å². The number of halogens is 1. The number of amides is 1. The van der Waals surface area contributed by atoms with Crippen LogP contribution in [0, 0.1) is 0 Å². The van der Waals surface area contributed by atoms with Crippen molar-refractivity contribution in [1.82, 2.24) is 0 Å². The van der Waals surface area contributed by atoms with Crippen LogP contribution < -0.4 is 13.8 Å². The minimum Gasteiger partial charge on any atom is -0.497 e. The lowest BCUT2D eigenvalue weighted by Gasteiger charge is -2.23. The largest absolute Gasteiger partial charge is 0.497 e. The first kappa shape index (κ1) is 20.9. The summed E-state index contributed by atoms with van der Waals surface area (Å²) in [5.41, 5.74) is 0.414. The highest BCUT2D eigenvalue weighted by atomic mass is 79.9. The van der Waals surface area contributed by atoms with Crippen molar-refractivity contribution in [3.05, 3.63) is 82.8 Å². The third kappa shape index (κ3) is 4.44. The molecule has 6 nitrogen and oxygen atoms in total. The van der Waals surface area contributed by atoms with Gasteiger partial charge in [0.25, 0.3) is 15.9 Å². The highest BCUT2D eigenvalue weighted by molar-refractivity contribution is 9.10. The number of sulfonamides is 1. The molecule has 0 unspecified atom stereocenters. The molecule has 29 heavy (non-hydrogen) atoms. The van der Waals surface area contributed by atoms with Gasteiger partial charge in [0.1, 0.15) is 11.5 Å². The molecule has 0 aromatic heterocycles. The van der Waals surface area contributed by atoms with Crippen LogP contribution in [0.2, 0.25) is 0 Å². The lowest BCUT2D eigenvalue weighted by atomic mass is 10.2. The third-order valence-corrected chi connectivity index (χ3v) is 6.43. The maximum atomic E-state index is 13.4. The zero-order valence-corrected chi connectivity index (χ0v) is 18.1. The van der Waals surface area contributed by atoms with E-state index in [0.29, 0.717) is 11.5 Å². The van der Waals surface area contributed by atoms with Crippen molar-refractivity contribution in [2.45, 2.75) is 4.90 Å². The average Bonchev–Trinajstić information content (AvgIpc) is 2.74. The molecule has 0 radical (unpaired) electrons. The molecule has 0 saturated carbocycles. The van der Waals surface area contributed by atoms with Crippen LogP contribution in [0.5, 0.6) is 11.5 Å². The van der Waals surface area contributed by atoms with Gasteiger partial charge in [-0.2, -0.15) is 4.31 Å². The summed E-state index contributed by atoms with van der Waals surface area (Å²) in [6.45, 7) is 0. The van der Waals surface area contributed by atoms with Crippen LogP contribution in [0.15, 0.2) is 82.2 Å². The van der Waals surface area contributed by atoms with E-state index in [0.717, 1.165) is 8.78 Å². The monoisotopic (exact) mass is 475 g/mol. The molecule has 150 valence electrons. The van der Waals surface area contributed by atoms with Crippen molar-refractivity contribution < 1.29 is 22.7 Å². The highest BCUT2D eigenvalue weighted by Gasteiger charge is 2.32. The van der Waals surface area contributed by atoms with Crippen LogP contribution >= 0.6 is 15.9 Å². The number of rotatable bonds is 6. The minimum atomic E-state index is -4.16. The van der Waals surface area contributed by atoms with Crippen LogP contribution in [0.3, 0.4) is 0 Å². The molecule has 0 N–H and O–H groups in total. The fourth-order valence-corrected chi connectivity index (χ4v) is 4.32. The molecule has 3 aromatic rings. The smallest absolute Gasteiger partial charge is 0.272 e. The minimum absolute atomic E-state index is 0.00150. The Morgan fingerprint density at radius 2 is 1.28 bits per heavy atom. The van der Waals surface area contributed by atoms with Crippen LogP contribution in [-0.4, -0.2) is 28.5 Å². The summed E-state index contributed by atoms with van der Waals surface area (Å²) in [6, 6.07) is 18.6. The van der Waals surface area contributed by atoms with Gasteiger partial charge in [-0.05, 0) is 72.8 Å². The summed E-state index contributed by atoms with van der Waals surface area (Å²) < 4.78 is 38.5. The van der Waals surface area contributed by atoms with Crippen molar-refractivity contribution in [3.8, 4) is 11.5 Å². The van der Waals surface area contributed by atoms with E-state index in [4.69, 9.17) is 9.47 Å². The standard InChI is InChI=1S/C21H18BrNO5S/c1-27-18-9-3-15(4-10-18)21(24)23(17-7-11-19(28-2)12-8-17)29(25,26)20-13-5-16(22)6-14-20/h3-14H,1-2H3. The summed E-state index contributed by atoms with van der Waals surface area (Å²) in [6.07, 6.45) is 0. The van der Waals surface area contributed by atoms with Gasteiger partial charge in [0, 0.05) is 10.0 Å². The molecule has 1 amide bonds. The van der Waals surface area contributed by atoms with E-state index >= 15 is 0 Å². The quantitative estimate of drug-likeness (QED) is 0.524. The molecule has 0 aliphatic carbocycles. The fourth-order valence-electron chi connectivity index (χ4n) is 2.65. The number of benzene rings is 3. The molecule has 3 rings (SSSR count). The Bertz CT molecular complexity index is 1100. The predicted molar refractivity (Wildman–Crippen MR) is 114 cm³/mol. The van der Waals surface area contributed by atoms with Crippen molar-refractivity contribution in [2.24, 2.45) is 0 Å². The topological polar surface area (TPSA) is 72.9 Å². The molecule has 0 saturated heterocycles. The van der Waals surface area contributed by atoms with Crippen LogP contribution in [-0.2, 0) is 10.0 Å². The first-order valence-corrected chi connectivity index (χ1v) is 10.7. The highest BCUT2D eigenvalue weighted by Crippen LogP contribution is 2.29.